The molecule has 0 aliphatic heterocycles. The van der Waals surface area contributed by atoms with Gasteiger partial charge in [0.2, 0.25) is 0 Å². The fourth-order valence-electron chi connectivity index (χ4n) is 0.600. The Balaban J connectivity index is 3.68. The molecule has 0 rings (SSSR count). The monoisotopic (exact) mass is 163 g/mol. The number of esters is 1. The molecule has 0 amide bonds. The van der Waals surface area contributed by atoms with Gasteiger partial charge in [-0.15, -0.1) is 0 Å². The van der Waals surface area contributed by atoms with Gasteiger partial charge in [-0.1, -0.05) is 0 Å². The number of carbonyl (C=O) groups is 1. The Labute approximate surface area is 65.3 Å². The van der Waals surface area contributed by atoms with Crippen molar-refractivity contribution < 1.29 is 9.53 Å². The first-order valence-electron chi connectivity index (χ1n) is 3.03. The highest BCUT2D eigenvalue weighted by Crippen LogP contribution is 2.04. The topological polar surface area (TPSA) is 52.3 Å². The van der Waals surface area contributed by atoms with Crippen LogP contribution in [0.25, 0.3) is 0 Å². The molecular weight excluding hydrogens is 150 g/mol. The zero-order valence-corrected chi connectivity index (χ0v) is 7.11. The molecule has 0 aromatic heterocycles. The molecule has 60 valence electrons. The molecule has 0 radical (unpaired) electrons. The minimum atomic E-state index is -0.211. The van der Waals surface area contributed by atoms with Crippen molar-refractivity contribution in [3.8, 4) is 0 Å². The molecule has 0 aromatic carbocycles. The van der Waals surface area contributed by atoms with Crippen LogP contribution in [0.2, 0.25) is 0 Å². The molecule has 0 heterocycles. The Morgan fingerprint density at radius 2 is 2.40 bits per heavy atom. The van der Waals surface area contributed by atoms with E-state index >= 15 is 0 Å². The van der Waals surface area contributed by atoms with Crippen LogP contribution in [0.15, 0.2) is 0 Å². The lowest BCUT2D eigenvalue weighted by Gasteiger charge is -2.09. The molecule has 4 heteroatoms. The average Bonchev–Trinajstić information content (AvgIpc) is 1.99. The predicted octanol–water partition coefficient (Wildman–Crippen LogP) is 0.0973. The van der Waals surface area contributed by atoms with Gasteiger partial charge in [0.15, 0.2) is 0 Å². The summed E-state index contributed by atoms with van der Waals surface area (Å²) in [7, 11) is 1.38. The van der Waals surface area contributed by atoms with Crippen LogP contribution in [-0.4, -0.2) is 31.6 Å². The third kappa shape index (κ3) is 3.08. The van der Waals surface area contributed by atoms with Crippen molar-refractivity contribution >= 4 is 17.7 Å². The van der Waals surface area contributed by atoms with E-state index in [1.54, 1.807) is 11.8 Å². The van der Waals surface area contributed by atoms with E-state index in [9.17, 15) is 4.79 Å². The van der Waals surface area contributed by atoms with Gasteiger partial charge in [-0.2, -0.15) is 11.8 Å². The maximum Gasteiger partial charge on any atom is 0.310 e. The van der Waals surface area contributed by atoms with Crippen molar-refractivity contribution in [3.63, 3.8) is 0 Å². The maximum absolute atomic E-state index is 10.8. The van der Waals surface area contributed by atoms with Crippen LogP contribution in [-0.2, 0) is 9.53 Å². The summed E-state index contributed by atoms with van der Waals surface area (Å²) in [6.07, 6.45) is 1.94. The van der Waals surface area contributed by atoms with E-state index in [1.807, 2.05) is 6.26 Å². The molecule has 0 spiro atoms. The number of thioether (sulfide) groups is 1. The van der Waals surface area contributed by atoms with Crippen molar-refractivity contribution in [2.45, 2.75) is 0 Å². The Kier molecular flexibility index (Phi) is 5.43. The Hall–Kier alpha value is -0.220. The molecule has 2 N–H and O–H groups in total. The van der Waals surface area contributed by atoms with E-state index in [2.05, 4.69) is 4.74 Å². The van der Waals surface area contributed by atoms with Crippen molar-refractivity contribution in [1.82, 2.24) is 0 Å². The van der Waals surface area contributed by atoms with E-state index in [1.165, 1.54) is 7.11 Å². The number of hydrogen-bond donors (Lipinski definition) is 1. The van der Waals surface area contributed by atoms with Crippen LogP contribution < -0.4 is 5.73 Å². The number of methoxy groups -OCH3 is 1. The van der Waals surface area contributed by atoms with Gasteiger partial charge in [-0.05, 0) is 6.26 Å². The van der Waals surface area contributed by atoms with Crippen LogP contribution in [0, 0.1) is 5.92 Å². The Morgan fingerprint density at radius 1 is 1.80 bits per heavy atom. The molecule has 1 unspecified atom stereocenters. The highest BCUT2D eigenvalue weighted by molar-refractivity contribution is 7.98. The van der Waals surface area contributed by atoms with Gasteiger partial charge in [0.05, 0.1) is 13.0 Å². The van der Waals surface area contributed by atoms with E-state index in [-0.39, 0.29) is 11.9 Å². The number of carbonyl (C=O) groups excluding carboxylic acids is 1. The van der Waals surface area contributed by atoms with Crippen LogP contribution in [0.4, 0.5) is 0 Å². The van der Waals surface area contributed by atoms with Crippen molar-refractivity contribution in [1.29, 1.82) is 0 Å². The second-order valence-electron chi connectivity index (χ2n) is 1.91. The van der Waals surface area contributed by atoms with E-state index in [0.717, 1.165) is 5.75 Å². The van der Waals surface area contributed by atoms with Crippen LogP contribution >= 0.6 is 11.8 Å². The summed E-state index contributed by atoms with van der Waals surface area (Å²) in [6.45, 7) is 0.369. The van der Waals surface area contributed by atoms with Crippen molar-refractivity contribution in [2.24, 2.45) is 11.7 Å². The first-order chi connectivity index (χ1) is 4.76. The molecule has 0 fully saturated rings. The summed E-state index contributed by atoms with van der Waals surface area (Å²) >= 11 is 1.60. The third-order valence-corrected chi connectivity index (χ3v) is 1.92. The Bertz CT molecular complexity index is 108. The van der Waals surface area contributed by atoms with Crippen LogP contribution in [0.5, 0.6) is 0 Å². The standard InChI is InChI=1S/C6H13NO2S/c1-9-6(8)5(3-7)4-10-2/h5H,3-4,7H2,1-2H3. The van der Waals surface area contributed by atoms with E-state index < -0.39 is 0 Å². The molecule has 0 saturated carbocycles. The quantitative estimate of drug-likeness (QED) is 0.597. The SMILES string of the molecule is COC(=O)C(CN)CSC. The molecule has 0 aromatic rings. The maximum atomic E-state index is 10.8. The van der Waals surface area contributed by atoms with E-state index in [4.69, 9.17) is 5.73 Å². The molecule has 0 aliphatic carbocycles. The molecule has 1 atom stereocenters. The summed E-state index contributed by atoms with van der Waals surface area (Å²) in [4.78, 5) is 10.8. The summed E-state index contributed by atoms with van der Waals surface area (Å²) in [5, 5.41) is 0. The summed E-state index contributed by atoms with van der Waals surface area (Å²) in [5.74, 6) is 0.389. The second kappa shape index (κ2) is 5.56. The number of hydrogen-bond acceptors (Lipinski definition) is 4. The minimum Gasteiger partial charge on any atom is -0.469 e. The summed E-state index contributed by atoms with van der Waals surface area (Å²) in [6, 6.07) is 0. The highest BCUT2D eigenvalue weighted by atomic mass is 32.2. The normalized spacial score (nSPS) is 12.7. The number of nitrogens with two attached hydrogens (primary N) is 1. The minimum absolute atomic E-state index is 0.139. The summed E-state index contributed by atoms with van der Waals surface area (Å²) < 4.78 is 4.52. The van der Waals surface area contributed by atoms with Gasteiger partial charge in [-0.25, -0.2) is 0 Å². The summed E-state index contributed by atoms with van der Waals surface area (Å²) in [5.41, 5.74) is 5.32. The molecule has 10 heavy (non-hydrogen) atoms. The van der Waals surface area contributed by atoms with Gasteiger partial charge in [0.25, 0.3) is 0 Å². The van der Waals surface area contributed by atoms with Crippen molar-refractivity contribution in [2.75, 3.05) is 25.7 Å². The lowest BCUT2D eigenvalue weighted by Crippen LogP contribution is -2.26. The zero-order chi connectivity index (χ0) is 7.98. The smallest absolute Gasteiger partial charge is 0.310 e. The number of rotatable bonds is 4. The number of ether oxygens (including phenoxy) is 1. The van der Waals surface area contributed by atoms with E-state index in [0.29, 0.717) is 6.54 Å². The molecule has 0 bridgehead atoms. The van der Waals surface area contributed by atoms with Crippen LogP contribution in [0.3, 0.4) is 0 Å². The highest BCUT2D eigenvalue weighted by Gasteiger charge is 2.15. The molecule has 0 aliphatic rings. The zero-order valence-electron chi connectivity index (χ0n) is 6.29. The van der Waals surface area contributed by atoms with Gasteiger partial charge in [0, 0.05) is 12.3 Å². The lowest BCUT2D eigenvalue weighted by molar-refractivity contribution is -0.144. The fraction of sp³-hybridized carbons (Fsp3) is 0.833. The average molecular weight is 163 g/mol. The first kappa shape index (κ1) is 9.78. The van der Waals surface area contributed by atoms with Crippen molar-refractivity contribution in [3.05, 3.63) is 0 Å². The molecular formula is C6H13NO2S. The first-order valence-corrected chi connectivity index (χ1v) is 4.42. The predicted molar refractivity (Wildman–Crippen MR) is 42.9 cm³/mol. The van der Waals surface area contributed by atoms with Gasteiger partial charge in [-0.3, -0.25) is 4.79 Å². The van der Waals surface area contributed by atoms with Gasteiger partial charge >= 0.3 is 5.97 Å². The third-order valence-electron chi connectivity index (χ3n) is 1.19. The molecule has 3 nitrogen and oxygen atoms in total. The Morgan fingerprint density at radius 3 is 2.70 bits per heavy atom. The lowest BCUT2D eigenvalue weighted by atomic mass is 10.2. The van der Waals surface area contributed by atoms with Gasteiger partial charge < -0.3 is 10.5 Å². The van der Waals surface area contributed by atoms with Crippen LogP contribution in [0.1, 0.15) is 0 Å². The van der Waals surface area contributed by atoms with Gasteiger partial charge in [0.1, 0.15) is 0 Å². The molecule has 0 saturated heterocycles. The fourth-order valence-corrected chi connectivity index (χ4v) is 1.27. The largest absolute Gasteiger partial charge is 0.469 e. The second-order valence-corrected chi connectivity index (χ2v) is 2.82.